The number of aliphatic hydroxyl groups excluding tert-OH is 1. The van der Waals surface area contributed by atoms with Gasteiger partial charge >= 0.3 is 0 Å². The van der Waals surface area contributed by atoms with Crippen LogP contribution in [0.5, 0.6) is 0 Å². The zero-order chi connectivity index (χ0) is 16.3. The molecule has 2 aliphatic rings. The number of anilines is 1. The Morgan fingerprint density at radius 1 is 1.13 bits per heavy atom. The van der Waals surface area contributed by atoms with E-state index >= 15 is 0 Å². The van der Waals surface area contributed by atoms with Gasteiger partial charge in [0.25, 0.3) is 0 Å². The van der Waals surface area contributed by atoms with E-state index in [-0.39, 0.29) is 5.54 Å². The lowest BCUT2D eigenvalue weighted by Crippen LogP contribution is -2.51. The molecule has 1 saturated heterocycles. The molecule has 0 amide bonds. The Morgan fingerprint density at radius 2 is 1.83 bits per heavy atom. The molecule has 1 unspecified atom stereocenters. The zero-order valence-corrected chi connectivity index (χ0v) is 14.2. The lowest BCUT2D eigenvalue weighted by Gasteiger charge is -2.42. The molecule has 0 aromatic heterocycles. The molecule has 5 heteroatoms. The molecule has 5 nitrogen and oxygen atoms in total. The van der Waals surface area contributed by atoms with E-state index in [1.807, 2.05) is 6.21 Å². The fraction of sp³-hybridized carbons (Fsp3) is 0.611. The van der Waals surface area contributed by atoms with Crippen molar-refractivity contribution in [1.82, 2.24) is 10.2 Å². The SMILES string of the molecule is CC(C)(C(O)c1ccc(N2CCNCC2)cc1)N1CC=NCC1. The summed E-state index contributed by atoms with van der Waals surface area (Å²) in [5.74, 6) is 0. The van der Waals surface area contributed by atoms with E-state index in [1.54, 1.807) is 0 Å². The molecule has 1 fully saturated rings. The van der Waals surface area contributed by atoms with Gasteiger partial charge in [-0.3, -0.25) is 9.89 Å². The largest absolute Gasteiger partial charge is 0.386 e. The van der Waals surface area contributed by atoms with Gasteiger partial charge in [-0.15, -0.1) is 0 Å². The zero-order valence-electron chi connectivity index (χ0n) is 14.2. The topological polar surface area (TPSA) is 51.1 Å². The first kappa shape index (κ1) is 16.4. The van der Waals surface area contributed by atoms with Gasteiger partial charge in [-0.2, -0.15) is 0 Å². The van der Waals surface area contributed by atoms with Gasteiger partial charge in [0.05, 0.1) is 12.6 Å². The number of nitrogens with zero attached hydrogens (tertiary/aromatic N) is 3. The Labute approximate surface area is 139 Å². The third kappa shape index (κ3) is 3.57. The van der Waals surface area contributed by atoms with E-state index in [0.29, 0.717) is 0 Å². The smallest absolute Gasteiger partial charge is 0.0968 e. The molecule has 0 spiro atoms. The minimum absolute atomic E-state index is 0.303. The van der Waals surface area contributed by atoms with Gasteiger partial charge in [-0.1, -0.05) is 12.1 Å². The highest BCUT2D eigenvalue weighted by Gasteiger charge is 2.35. The molecule has 3 rings (SSSR count). The van der Waals surface area contributed by atoms with Crippen molar-refractivity contribution >= 4 is 11.9 Å². The number of hydrogen-bond donors (Lipinski definition) is 2. The van der Waals surface area contributed by atoms with E-state index in [0.717, 1.165) is 51.4 Å². The van der Waals surface area contributed by atoms with E-state index in [4.69, 9.17) is 0 Å². The second kappa shape index (κ2) is 6.99. The molecule has 2 heterocycles. The number of nitrogens with one attached hydrogen (secondary N) is 1. The number of piperazine rings is 1. The summed E-state index contributed by atoms with van der Waals surface area (Å²) >= 11 is 0. The fourth-order valence-corrected chi connectivity index (χ4v) is 3.41. The van der Waals surface area contributed by atoms with Crippen LogP contribution >= 0.6 is 0 Å². The third-order valence-electron chi connectivity index (χ3n) is 5.11. The summed E-state index contributed by atoms with van der Waals surface area (Å²) in [7, 11) is 0. The van der Waals surface area contributed by atoms with Crippen LogP contribution < -0.4 is 10.2 Å². The second-order valence-corrected chi connectivity index (χ2v) is 6.92. The first-order valence-electron chi connectivity index (χ1n) is 8.56. The molecule has 2 aliphatic heterocycles. The molecule has 1 atom stereocenters. The maximum absolute atomic E-state index is 10.9. The predicted octanol–water partition coefficient (Wildman–Crippen LogP) is 1.29. The van der Waals surface area contributed by atoms with Gasteiger partial charge < -0.3 is 15.3 Å². The van der Waals surface area contributed by atoms with Crippen molar-refractivity contribution in [2.45, 2.75) is 25.5 Å². The second-order valence-electron chi connectivity index (χ2n) is 6.92. The summed E-state index contributed by atoms with van der Waals surface area (Å²) in [4.78, 5) is 8.97. The van der Waals surface area contributed by atoms with Crippen LogP contribution in [0.25, 0.3) is 0 Å². The van der Waals surface area contributed by atoms with Crippen LogP contribution in [-0.4, -0.2) is 67.6 Å². The minimum atomic E-state index is -0.508. The van der Waals surface area contributed by atoms with Crippen molar-refractivity contribution in [3.8, 4) is 0 Å². The molecule has 23 heavy (non-hydrogen) atoms. The van der Waals surface area contributed by atoms with Crippen molar-refractivity contribution in [3.63, 3.8) is 0 Å². The lowest BCUT2D eigenvalue weighted by molar-refractivity contribution is -0.00289. The molecular formula is C18H28N4O. The van der Waals surface area contributed by atoms with Crippen LogP contribution in [0.15, 0.2) is 29.3 Å². The minimum Gasteiger partial charge on any atom is -0.386 e. The van der Waals surface area contributed by atoms with Crippen LogP contribution in [0.2, 0.25) is 0 Å². The standard InChI is InChI=1S/C18H28N4O/c1-18(2,22-13-9-20-10-14-22)17(23)15-3-5-16(6-4-15)21-11-7-19-8-12-21/h3-6,9,17,19,23H,7-8,10-14H2,1-2H3. The number of aliphatic imine (C=N–C) groups is 1. The first-order valence-corrected chi connectivity index (χ1v) is 8.56. The van der Waals surface area contributed by atoms with Gasteiger partial charge in [0, 0.05) is 56.7 Å². The number of aliphatic hydroxyl groups is 1. The van der Waals surface area contributed by atoms with Crippen molar-refractivity contribution < 1.29 is 5.11 Å². The van der Waals surface area contributed by atoms with Crippen molar-refractivity contribution in [2.24, 2.45) is 4.99 Å². The van der Waals surface area contributed by atoms with Gasteiger partial charge in [-0.25, -0.2) is 0 Å². The Balaban J connectivity index is 1.71. The Morgan fingerprint density at radius 3 is 2.43 bits per heavy atom. The average molecular weight is 316 g/mol. The first-order chi connectivity index (χ1) is 11.1. The van der Waals surface area contributed by atoms with Gasteiger partial charge in [0.2, 0.25) is 0 Å². The highest BCUT2D eigenvalue weighted by molar-refractivity contribution is 5.60. The summed E-state index contributed by atoms with van der Waals surface area (Å²) < 4.78 is 0. The summed E-state index contributed by atoms with van der Waals surface area (Å²) in [6, 6.07) is 8.42. The van der Waals surface area contributed by atoms with Crippen LogP contribution in [0.1, 0.15) is 25.5 Å². The highest BCUT2D eigenvalue weighted by Crippen LogP contribution is 2.32. The van der Waals surface area contributed by atoms with Crippen LogP contribution in [-0.2, 0) is 0 Å². The van der Waals surface area contributed by atoms with Crippen molar-refractivity contribution in [2.75, 3.05) is 50.7 Å². The Bertz CT molecular complexity index is 534. The molecule has 0 aliphatic carbocycles. The number of rotatable bonds is 4. The summed E-state index contributed by atoms with van der Waals surface area (Å²) in [6.45, 7) is 10.9. The van der Waals surface area contributed by atoms with Crippen molar-refractivity contribution in [3.05, 3.63) is 29.8 Å². The molecule has 1 aromatic carbocycles. The third-order valence-corrected chi connectivity index (χ3v) is 5.11. The normalized spacial score (nSPS) is 21.4. The Hall–Kier alpha value is -1.43. The lowest BCUT2D eigenvalue weighted by atomic mass is 9.89. The Kier molecular flexibility index (Phi) is 4.99. The van der Waals surface area contributed by atoms with E-state index in [1.165, 1.54) is 5.69 Å². The van der Waals surface area contributed by atoms with Gasteiger partial charge in [0.1, 0.15) is 0 Å². The maximum Gasteiger partial charge on any atom is 0.0968 e. The fourth-order valence-electron chi connectivity index (χ4n) is 3.41. The van der Waals surface area contributed by atoms with Crippen LogP contribution in [0.4, 0.5) is 5.69 Å². The molecule has 126 valence electrons. The van der Waals surface area contributed by atoms with Crippen LogP contribution in [0.3, 0.4) is 0 Å². The number of hydrogen-bond acceptors (Lipinski definition) is 5. The predicted molar refractivity (Wildman–Crippen MR) is 95.5 cm³/mol. The maximum atomic E-state index is 10.9. The van der Waals surface area contributed by atoms with E-state index in [2.05, 4.69) is 58.2 Å². The molecule has 0 bridgehead atoms. The van der Waals surface area contributed by atoms with Crippen LogP contribution in [0, 0.1) is 0 Å². The van der Waals surface area contributed by atoms with E-state index in [9.17, 15) is 5.11 Å². The summed E-state index contributed by atoms with van der Waals surface area (Å²) in [5, 5.41) is 14.3. The summed E-state index contributed by atoms with van der Waals surface area (Å²) in [5.41, 5.74) is 1.92. The molecule has 2 N–H and O–H groups in total. The number of benzene rings is 1. The van der Waals surface area contributed by atoms with Crippen molar-refractivity contribution in [1.29, 1.82) is 0 Å². The van der Waals surface area contributed by atoms with Gasteiger partial charge in [-0.05, 0) is 31.5 Å². The van der Waals surface area contributed by atoms with Gasteiger partial charge in [0.15, 0.2) is 0 Å². The quantitative estimate of drug-likeness (QED) is 0.879. The molecule has 0 radical (unpaired) electrons. The monoisotopic (exact) mass is 316 g/mol. The molecular weight excluding hydrogens is 288 g/mol. The molecule has 0 saturated carbocycles. The van der Waals surface area contributed by atoms with E-state index < -0.39 is 6.10 Å². The average Bonchev–Trinajstić information content (AvgIpc) is 2.63. The molecule has 1 aromatic rings. The summed E-state index contributed by atoms with van der Waals surface area (Å²) in [6.07, 6.45) is 1.44. The highest BCUT2D eigenvalue weighted by atomic mass is 16.3.